The Morgan fingerprint density at radius 2 is 1.50 bits per heavy atom. The van der Waals surface area contributed by atoms with Gasteiger partial charge in [-0.15, -0.1) is 0 Å². The molecule has 134 valence electrons. The Morgan fingerprint density at radius 3 is 2.04 bits per heavy atom. The Labute approximate surface area is 153 Å². The van der Waals surface area contributed by atoms with Gasteiger partial charge in [-0.05, 0) is 24.2 Å². The van der Waals surface area contributed by atoms with E-state index in [4.69, 9.17) is 0 Å². The lowest BCUT2D eigenvalue weighted by molar-refractivity contribution is 0.109. The predicted molar refractivity (Wildman–Crippen MR) is 109 cm³/mol. The summed E-state index contributed by atoms with van der Waals surface area (Å²) in [6.45, 7) is 4.52. The highest BCUT2D eigenvalue weighted by Gasteiger charge is 2.07. The molecular formula is C22H34OS. The average molecular weight is 347 g/mol. The second-order valence-corrected chi connectivity index (χ2v) is 7.44. The van der Waals surface area contributed by atoms with Crippen molar-refractivity contribution in [2.45, 2.75) is 78.1 Å². The topological polar surface area (TPSA) is 17.1 Å². The van der Waals surface area contributed by atoms with Crippen molar-refractivity contribution >= 4 is 16.9 Å². The number of carbonyl (C=O) groups excluding carboxylic acids is 1. The SMILES string of the molecule is CCCCCCC(/C=C/SC(=O)c1ccccc1)CCCCCC. The van der Waals surface area contributed by atoms with Crippen LogP contribution in [0.3, 0.4) is 0 Å². The van der Waals surface area contributed by atoms with Crippen LogP contribution in [0.1, 0.15) is 88.4 Å². The van der Waals surface area contributed by atoms with E-state index in [1.807, 2.05) is 35.7 Å². The first kappa shape index (κ1) is 21.0. The molecule has 0 spiro atoms. The lowest BCUT2D eigenvalue weighted by Gasteiger charge is -2.12. The van der Waals surface area contributed by atoms with Crippen LogP contribution in [-0.2, 0) is 0 Å². The molecule has 0 fully saturated rings. The molecule has 0 aliphatic carbocycles. The van der Waals surface area contributed by atoms with Crippen LogP contribution in [0.4, 0.5) is 0 Å². The van der Waals surface area contributed by atoms with Crippen LogP contribution >= 0.6 is 11.8 Å². The molecule has 0 saturated carbocycles. The van der Waals surface area contributed by atoms with Crippen molar-refractivity contribution in [2.75, 3.05) is 0 Å². The minimum atomic E-state index is 0.141. The third-order valence-corrected chi connectivity index (χ3v) is 5.14. The number of thioether (sulfide) groups is 1. The lowest BCUT2D eigenvalue weighted by atomic mass is 9.95. The number of unbranched alkanes of at least 4 members (excludes halogenated alkanes) is 6. The predicted octanol–water partition coefficient (Wildman–Crippen LogP) is 7.63. The van der Waals surface area contributed by atoms with Crippen LogP contribution in [-0.4, -0.2) is 5.12 Å². The van der Waals surface area contributed by atoms with Gasteiger partial charge in [0.05, 0.1) is 0 Å². The van der Waals surface area contributed by atoms with Crippen LogP contribution in [0.5, 0.6) is 0 Å². The molecule has 24 heavy (non-hydrogen) atoms. The number of benzene rings is 1. The van der Waals surface area contributed by atoms with Crippen molar-refractivity contribution in [3.63, 3.8) is 0 Å². The third-order valence-electron chi connectivity index (χ3n) is 4.39. The number of carbonyl (C=O) groups is 1. The summed E-state index contributed by atoms with van der Waals surface area (Å²) in [6, 6.07) is 9.55. The van der Waals surface area contributed by atoms with Gasteiger partial charge in [0.1, 0.15) is 0 Å². The zero-order valence-electron chi connectivity index (χ0n) is 15.5. The standard InChI is InChI=1S/C22H34OS/c1-3-5-7-10-14-20(15-11-8-6-4-2)18-19-24-22(23)21-16-12-9-13-17-21/h9,12-13,16-20H,3-8,10-11,14-15H2,1-2H3/b19-18+. The quantitative estimate of drug-likeness (QED) is 0.341. The lowest BCUT2D eigenvalue weighted by Crippen LogP contribution is -1.98. The minimum Gasteiger partial charge on any atom is -0.281 e. The van der Waals surface area contributed by atoms with E-state index in [0.717, 1.165) is 5.56 Å². The van der Waals surface area contributed by atoms with Gasteiger partial charge in [-0.2, -0.15) is 0 Å². The van der Waals surface area contributed by atoms with Gasteiger partial charge in [0, 0.05) is 5.56 Å². The normalized spacial score (nSPS) is 11.5. The van der Waals surface area contributed by atoms with Gasteiger partial charge in [0.2, 0.25) is 5.12 Å². The Morgan fingerprint density at radius 1 is 0.917 bits per heavy atom. The molecule has 1 rings (SSSR count). The van der Waals surface area contributed by atoms with Crippen LogP contribution in [0, 0.1) is 5.92 Å². The van der Waals surface area contributed by atoms with E-state index in [-0.39, 0.29) is 5.12 Å². The third kappa shape index (κ3) is 9.97. The molecule has 0 saturated heterocycles. The number of allylic oxidation sites excluding steroid dienone is 1. The summed E-state index contributed by atoms with van der Waals surface area (Å²) in [5.41, 5.74) is 0.787. The molecule has 0 N–H and O–H groups in total. The van der Waals surface area contributed by atoms with E-state index in [1.54, 1.807) is 0 Å². The van der Waals surface area contributed by atoms with E-state index in [1.165, 1.54) is 76.0 Å². The first-order valence-corrected chi connectivity index (χ1v) is 10.6. The van der Waals surface area contributed by atoms with Crippen molar-refractivity contribution in [2.24, 2.45) is 5.92 Å². The first-order valence-electron chi connectivity index (χ1n) is 9.70. The van der Waals surface area contributed by atoms with Gasteiger partial charge in [-0.3, -0.25) is 4.79 Å². The molecule has 1 nitrogen and oxygen atoms in total. The van der Waals surface area contributed by atoms with Crippen molar-refractivity contribution in [3.05, 3.63) is 47.4 Å². The van der Waals surface area contributed by atoms with Gasteiger partial charge in [0.25, 0.3) is 0 Å². The molecule has 0 aliphatic heterocycles. The molecule has 0 atom stereocenters. The molecule has 0 bridgehead atoms. The molecule has 0 unspecified atom stereocenters. The molecular weight excluding hydrogens is 312 g/mol. The number of rotatable bonds is 13. The molecule has 1 aromatic carbocycles. The molecule has 2 heteroatoms. The smallest absolute Gasteiger partial charge is 0.223 e. The highest BCUT2D eigenvalue weighted by molar-refractivity contribution is 8.16. The average Bonchev–Trinajstić information content (AvgIpc) is 2.62. The van der Waals surface area contributed by atoms with E-state index in [0.29, 0.717) is 5.92 Å². The van der Waals surface area contributed by atoms with Crippen molar-refractivity contribution in [1.82, 2.24) is 0 Å². The summed E-state index contributed by atoms with van der Waals surface area (Å²) >= 11 is 1.33. The molecule has 0 heterocycles. The van der Waals surface area contributed by atoms with Crippen LogP contribution in [0.2, 0.25) is 0 Å². The second kappa shape index (κ2) is 14.3. The van der Waals surface area contributed by atoms with E-state index in [9.17, 15) is 4.79 Å². The maximum absolute atomic E-state index is 12.1. The summed E-state index contributed by atoms with van der Waals surface area (Å²) in [6.07, 6.45) is 15.4. The largest absolute Gasteiger partial charge is 0.281 e. The van der Waals surface area contributed by atoms with E-state index >= 15 is 0 Å². The fourth-order valence-corrected chi connectivity index (χ4v) is 3.55. The Hall–Kier alpha value is -1.02. The van der Waals surface area contributed by atoms with Gasteiger partial charge < -0.3 is 0 Å². The second-order valence-electron chi connectivity index (χ2n) is 6.56. The zero-order valence-corrected chi connectivity index (χ0v) is 16.3. The summed E-state index contributed by atoms with van der Waals surface area (Å²) < 4.78 is 0. The maximum Gasteiger partial charge on any atom is 0.223 e. The van der Waals surface area contributed by atoms with Gasteiger partial charge in [0.15, 0.2) is 0 Å². The summed E-state index contributed by atoms with van der Waals surface area (Å²) in [7, 11) is 0. The summed E-state index contributed by atoms with van der Waals surface area (Å²) in [5, 5.41) is 2.17. The van der Waals surface area contributed by atoms with E-state index < -0.39 is 0 Å². The first-order chi connectivity index (χ1) is 11.8. The van der Waals surface area contributed by atoms with Crippen LogP contribution in [0.25, 0.3) is 0 Å². The van der Waals surface area contributed by atoms with Crippen molar-refractivity contribution < 1.29 is 4.79 Å². The van der Waals surface area contributed by atoms with Crippen molar-refractivity contribution in [3.8, 4) is 0 Å². The Kier molecular flexibility index (Phi) is 12.6. The molecule has 0 amide bonds. The Balaban J connectivity index is 2.41. The van der Waals surface area contributed by atoms with Gasteiger partial charge >= 0.3 is 0 Å². The molecule has 0 aromatic heterocycles. The van der Waals surface area contributed by atoms with Crippen molar-refractivity contribution in [1.29, 1.82) is 0 Å². The highest BCUT2D eigenvalue weighted by Crippen LogP contribution is 2.22. The molecule has 0 aliphatic rings. The number of hydrogen-bond acceptors (Lipinski definition) is 2. The van der Waals surface area contributed by atoms with Crippen LogP contribution in [0.15, 0.2) is 41.8 Å². The molecule has 1 aromatic rings. The summed E-state index contributed by atoms with van der Waals surface area (Å²) in [4.78, 5) is 12.1. The fourth-order valence-electron chi connectivity index (χ4n) is 2.86. The van der Waals surface area contributed by atoms with Gasteiger partial charge in [-0.1, -0.05) is 113 Å². The van der Waals surface area contributed by atoms with E-state index in [2.05, 4.69) is 19.9 Å². The minimum absolute atomic E-state index is 0.141. The Bertz CT molecular complexity index is 440. The molecule has 0 radical (unpaired) electrons. The maximum atomic E-state index is 12.1. The van der Waals surface area contributed by atoms with Crippen LogP contribution < -0.4 is 0 Å². The highest BCUT2D eigenvalue weighted by atomic mass is 32.2. The zero-order chi connectivity index (χ0) is 17.5. The van der Waals surface area contributed by atoms with Gasteiger partial charge in [-0.25, -0.2) is 0 Å². The monoisotopic (exact) mass is 346 g/mol. The fraction of sp³-hybridized carbons (Fsp3) is 0.591. The summed E-state index contributed by atoms with van der Waals surface area (Å²) in [5.74, 6) is 0.634. The number of hydrogen-bond donors (Lipinski definition) is 0.